The van der Waals surface area contributed by atoms with Gasteiger partial charge >= 0.3 is 0 Å². The van der Waals surface area contributed by atoms with Crippen molar-refractivity contribution in [3.63, 3.8) is 0 Å². The van der Waals surface area contributed by atoms with Crippen LogP contribution in [0.1, 0.15) is 13.8 Å². The number of nitrogens with one attached hydrogen (secondary N) is 1. The van der Waals surface area contributed by atoms with Crippen LogP contribution in [0, 0.1) is 5.92 Å². The van der Waals surface area contributed by atoms with Gasteiger partial charge < -0.3 is 10.2 Å². The summed E-state index contributed by atoms with van der Waals surface area (Å²) >= 11 is 7.73. The highest BCUT2D eigenvalue weighted by atomic mass is 35.5. The lowest BCUT2D eigenvalue weighted by molar-refractivity contribution is 0.0944. The molecule has 29 heavy (non-hydrogen) atoms. The molecular formula is C22H28ClN5S. The van der Waals surface area contributed by atoms with Crippen molar-refractivity contribution < 1.29 is 0 Å². The maximum absolute atomic E-state index is 6.08. The van der Waals surface area contributed by atoms with Gasteiger partial charge in [-0.15, -0.1) is 11.3 Å². The number of nitrogens with zero attached hydrogens (tertiary/aromatic N) is 4. The van der Waals surface area contributed by atoms with Gasteiger partial charge in [0.25, 0.3) is 0 Å². The Kier molecular flexibility index (Phi) is 6.35. The van der Waals surface area contributed by atoms with Gasteiger partial charge in [-0.25, -0.2) is 9.97 Å². The van der Waals surface area contributed by atoms with Gasteiger partial charge in [-0.2, -0.15) is 0 Å². The molecule has 0 amide bonds. The Bertz CT molecular complexity index is 947. The molecule has 7 heteroatoms. The van der Waals surface area contributed by atoms with E-state index in [1.165, 1.54) is 0 Å². The summed E-state index contributed by atoms with van der Waals surface area (Å²) in [6.45, 7) is 10.00. The average Bonchev–Trinajstić information content (AvgIpc) is 3.15. The van der Waals surface area contributed by atoms with E-state index in [4.69, 9.17) is 11.6 Å². The molecule has 1 saturated heterocycles. The van der Waals surface area contributed by atoms with E-state index in [9.17, 15) is 0 Å². The highest BCUT2D eigenvalue weighted by Gasteiger charge is 2.25. The number of halogens is 1. The van der Waals surface area contributed by atoms with E-state index in [0.29, 0.717) is 12.0 Å². The van der Waals surface area contributed by atoms with Crippen LogP contribution < -0.4 is 5.32 Å². The fourth-order valence-corrected chi connectivity index (χ4v) is 5.03. The topological polar surface area (TPSA) is 44.3 Å². The number of hydrogen-bond donors (Lipinski definition) is 1. The summed E-state index contributed by atoms with van der Waals surface area (Å²) in [5, 5.41) is 7.66. The van der Waals surface area contributed by atoms with Crippen LogP contribution in [-0.4, -0.2) is 65.6 Å². The molecule has 0 saturated carbocycles. The van der Waals surface area contributed by atoms with Crippen LogP contribution >= 0.6 is 22.9 Å². The van der Waals surface area contributed by atoms with Gasteiger partial charge in [-0.3, -0.25) is 4.90 Å². The minimum atomic E-state index is 0.478. The Morgan fingerprint density at radius 3 is 2.52 bits per heavy atom. The molecule has 1 unspecified atom stereocenters. The zero-order valence-electron chi connectivity index (χ0n) is 17.2. The first-order valence-corrected chi connectivity index (χ1v) is 11.4. The quantitative estimate of drug-likeness (QED) is 0.615. The molecular weight excluding hydrogens is 402 g/mol. The van der Waals surface area contributed by atoms with Crippen LogP contribution in [0.15, 0.2) is 36.0 Å². The minimum Gasteiger partial charge on any atom is -0.368 e. The normalized spacial score (nSPS) is 17.1. The van der Waals surface area contributed by atoms with Gasteiger partial charge in [-0.1, -0.05) is 37.6 Å². The van der Waals surface area contributed by atoms with E-state index in [1.807, 2.05) is 12.1 Å². The van der Waals surface area contributed by atoms with E-state index in [-0.39, 0.29) is 0 Å². The number of anilines is 1. The number of likely N-dealkylation sites (N-methyl/N-ethyl adjacent to an activating group) is 1. The fraction of sp³-hybridized carbons (Fsp3) is 0.455. The Morgan fingerprint density at radius 2 is 1.83 bits per heavy atom. The highest BCUT2D eigenvalue weighted by Crippen LogP contribution is 2.36. The first kappa shape index (κ1) is 20.5. The summed E-state index contributed by atoms with van der Waals surface area (Å²) in [7, 11) is 2.20. The lowest BCUT2D eigenvalue weighted by Gasteiger charge is -2.40. The summed E-state index contributed by atoms with van der Waals surface area (Å²) in [4.78, 5) is 15.1. The molecule has 1 aromatic carbocycles. The predicted molar refractivity (Wildman–Crippen MR) is 124 cm³/mol. The number of piperazine rings is 1. The van der Waals surface area contributed by atoms with Crippen molar-refractivity contribution >= 4 is 39.0 Å². The van der Waals surface area contributed by atoms with Crippen molar-refractivity contribution in [2.75, 3.05) is 45.1 Å². The molecule has 5 nitrogen and oxygen atoms in total. The maximum Gasteiger partial charge on any atom is 0.138 e. The second-order valence-corrected chi connectivity index (χ2v) is 9.38. The monoisotopic (exact) mass is 429 g/mol. The van der Waals surface area contributed by atoms with E-state index < -0.39 is 0 Å². The third-order valence-electron chi connectivity index (χ3n) is 5.78. The van der Waals surface area contributed by atoms with Crippen molar-refractivity contribution in [1.82, 2.24) is 19.8 Å². The van der Waals surface area contributed by atoms with E-state index >= 15 is 0 Å². The Hall–Kier alpha value is -1.73. The van der Waals surface area contributed by atoms with Gasteiger partial charge in [0, 0.05) is 54.7 Å². The van der Waals surface area contributed by atoms with Crippen LogP contribution in [0.3, 0.4) is 0 Å². The molecule has 0 bridgehead atoms. The molecule has 0 spiro atoms. The number of hydrogen-bond acceptors (Lipinski definition) is 6. The smallest absolute Gasteiger partial charge is 0.138 e. The number of fused-ring (bicyclic) bond motifs is 1. The summed E-state index contributed by atoms with van der Waals surface area (Å²) in [5.74, 6) is 1.49. The molecule has 1 atom stereocenters. The van der Waals surface area contributed by atoms with Gasteiger partial charge in [0.1, 0.15) is 17.0 Å². The van der Waals surface area contributed by atoms with E-state index in [2.05, 4.69) is 63.5 Å². The third-order valence-corrected chi connectivity index (χ3v) is 6.92. The molecule has 2 aromatic heterocycles. The average molecular weight is 430 g/mol. The minimum absolute atomic E-state index is 0.478. The van der Waals surface area contributed by atoms with Crippen molar-refractivity contribution in [2.24, 2.45) is 5.92 Å². The molecule has 4 rings (SSSR count). The number of rotatable bonds is 6. The molecule has 154 valence electrons. The van der Waals surface area contributed by atoms with Crippen LogP contribution in [-0.2, 0) is 0 Å². The van der Waals surface area contributed by atoms with Crippen molar-refractivity contribution in [2.45, 2.75) is 19.9 Å². The second kappa shape index (κ2) is 8.96. The Balaban J connectivity index is 1.58. The van der Waals surface area contributed by atoms with Crippen LogP contribution in [0.25, 0.3) is 21.3 Å². The van der Waals surface area contributed by atoms with E-state index in [1.54, 1.807) is 17.7 Å². The van der Waals surface area contributed by atoms with Crippen molar-refractivity contribution in [3.05, 3.63) is 41.0 Å². The molecule has 1 aliphatic rings. The fourth-order valence-electron chi connectivity index (χ4n) is 3.99. The summed E-state index contributed by atoms with van der Waals surface area (Å²) in [5.41, 5.74) is 2.29. The van der Waals surface area contributed by atoms with E-state index in [0.717, 1.165) is 64.9 Å². The van der Waals surface area contributed by atoms with Gasteiger partial charge in [0.15, 0.2) is 0 Å². The lowest BCUT2D eigenvalue weighted by atomic mass is 10.0. The SMILES string of the molecule is CC(C)C(CNc1ncnc2scc(-c3ccc(Cl)cc3)c12)N1CCN(C)CC1. The largest absolute Gasteiger partial charge is 0.368 e. The van der Waals surface area contributed by atoms with Crippen LogP contribution in [0.5, 0.6) is 0 Å². The first-order valence-electron chi connectivity index (χ1n) is 10.2. The van der Waals surface area contributed by atoms with Crippen LogP contribution in [0.2, 0.25) is 5.02 Å². The summed E-state index contributed by atoms with van der Waals surface area (Å²) < 4.78 is 0. The van der Waals surface area contributed by atoms with Gasteiger partial charge in [-0.05, 0) is 30.7 Å². The molecule has 0 aliphatic carbocycles. The predicted octanol–water partition coefficient (Wildman–Crippen LogP) is 4.70. The zero-order chi connectivity index (χ0) is 20.4. The molecule has 1 N–H and O–H groups in total. The van der Waals surface area contributed by atoms with Gasteiger partial charge in [0.2, 0.25) is 0 Å². The molecule has 0 radical (unpaired) electrons. The Labute approximate surface area is 181 Å². The third kappa shape index (κ3) is 4.56. The number of aromatic nitrogens is 2. The number of benzene rings is 1. The van der Waals surface area contributed by atoms with Crippen molar-refractivity contribution in [1.29, 1.82) is 0 Å². The lowest BCUT2D eigenvalue weighted by Crippen LogP contribution is -2.52. The maximum atomic E-state index is 6.08. The molecule has 3 aromatic rings. The molecule has 1 aliphatic heterocycles. The highest BCUT2D eigenvalue weighted by molar-refractivity contribution is 7.17. The Morgan fingerprint density at radius 1 is 1.10 bits per heavy atom. The molecule has 3 heterocycles. The molecule has 1 fully saturated rings. The summed E-state index contributed by atoms with van der Waals surface area (Å²) in [6.07, 6.45) is 1.66. The standard InChI is InChI=1S/C22H28ClN5S/c1-15(2)19(28-10-8-27(3)9-11-28)12-24-21-20-18(13-29-22(20)26-14-25-21)16-4-6-17(23)7-5-16/h4-7,13-15,19H,8-12H2,1-3H3,(H,24,25,26). The van der Waals surface area contributed by atoms with Crippen LogP contribution in [0.4, 0.5) is 5.82 Å². The zero-order valence-corrected chi connectivity index (χ0v) is 18.8. The van der Waals surface area contributed by atoms with Crippen molar-refractivity contribution in [3.8, 4) is 11.1 Å². The summed E-state index contributed by atoms with van der Waals surface area (Å²) in [6, 6.07) is 8.45. The first-order chi connectivity index (χ1) is 14.0. The second-order valence-electron chi connectivity index (χ2n) is 8.09. The van der Waals surface area contributed by atoms with Gasteiger partial charge in [0.05, 0.1) is 5.39 Å². The number of thiophene rings is 1.